The first-order chi connectivity index (χ1) is 16.8. The average Bonchev–Trinajstić information content (AvgIpc) is 2.86. The van der Waals surface area contributed by atoms with Gasteiger partial charge in [0.15, 0.2) is 6.61 Å². The smallest absolute Gasteiger partial charge is 0.338 e. The molecule has 2 aromatic carbocycles. The number of anilines is 1. The molecule has 0 spiro atoms. The Balaban J connectivity index is 1.38. The zero-order chi connectivity index (χ0) is 25.2. The second kappa shape index (κ2) is 12.5. The summed E-state index contributed by atoms with van der Waals surface area (Å²) in [6.45, 7) is 4.60. The lowest BCUT2D eigenvalue weighted by Gasteiger charge is -2.31. The SMILES string of the molecule is CC(C)NC(=O)NCc1ccc(C(=O)OCC(=O)N2CCC(C(=O)Nc3ccccc3)CC2)cc1. The van der Waals surface area contributed by atoms with E-state index in [0.717, 1.165) is 11.3 Å². The van der Waals surface area contributed by atoms with Gasteiger partial charge in [-0.2, -0.15) is 0 Å². The minimum Gasteiger partial charge on any atom is -0.452 e. The molecule has 1 aliphatic rings. The van der Waals surface area contributed by atoms with Crippen molar-refractivity contribution in [1.29, 1.82) is 0 Å². The normalized spacial score (nSPS) is 13.7. The molecule has 3 rings (SSSR count). The van der Waals surface area contributed by atoms with Gasteiger partial charge in [-0.15, -0.1) is 0 Å². The number of esters is 1. The Labute approximate surface area is 205 Å². The van der Waals surface area contributed by atoms with Gasteiger partial charge in [0.05, 0.1) is 5.56 Å². The lowest BCUT2D eigenvalue weighted by molar-refractivity contribution is -0.137. The molecule has 2 aromatic rings. The highest BCUT2D eigenvalue weighted by Gasteiger charge is 2.28. The molecular formula is C26H32N4O5. The zero-order valence-corrected chi connectivity index (χ0v) is 20.1. The van der Waals surface area contributed by atoms with Crippen molar-refractivity contribution >= 4 is 29.5 Å². The molecule has 1 heterocycles. The van der Waals surface area contributed by atoms with Gasteiger partial charge in [0.1, 0.15) is 0 Å². The summed E-state index contributed by atoms with van der Waals surface area (Å²) >= 11 is 0. The van der Waals surface area contributed by atoms with Gasteiger partial charge < -0.3 is 25.6 Å². The van der Waals surface area contributed by atoms with Gasteiger partial charge in [-0.1, -0.05) is 30.3 Å². The van der Waals surface area contributed by atoms with Crippen molar-refractivity contribution in [3.8, 4) is 0 Å². The highest BCUT2D eigenvalue weighted by atomic mass is 16.5. The van der Waals surface area contributed by atoms with Crippen molar-refractivity contribution < 1.29 is 23.9 Å². The van der Waals surface area contributed by atoms with E-state index in [9.17, 15) is 19.2 Å². The van der Waals surface area contributed by atoms with Crippen LogP contribution in [0.2, 0.25) is 0 Å². The van der Waals surface area contributed by atoms with Crippen LogP contribution in [0.25, 0.3) is 0 Å². The van der Waals surface area contributed by atoms with Gasteiger partial charge in [-0.3, -0.25) is 9.59 Å². The number of urea groups is 1. The third-order valence-corrected chi connectivity index (χ3v) is 5.65. The molecule has 0 aromatic heterocycles. The molecule has 35 heavy (non-hydrogen) atoms. The quantitative estimate of drug-likeness (QED) is 0.503. The zero-order valence-electron chi connectivity index (χ0n) is 20.1. The van der Waals surface area contributed by atoms with Crippen LogP contribution in [0.3, 0.4) is 0 Å². The number of ether oxygens (including phenoxy) is 1. The number of rotatable bonds is 8. The van der Waals surface area contributed by atoms with Gasteiger partial charge in [0, 0.05) is 37.3 Å². The number of carbonyl (C=O) groups is 4. The standard InChI is InChI=1S/C26H32N4O5/c1-18(2)28-26(34)27-16-19-8-10-21(11-9-19)25(33)35-17-23(31)30-14-12-20(13-15-30)24(32)29-22-6-4-3-5-7-22/h3-11,18,20H,12-17H2,1-2H3,(H,29,32)(H2,27,28,34). The summed E-state index contributed by atoms with van der Waals surface area (Å²) in [5.74, 6) is -1.08. The Morgan fingerprint density at radius 3 is 2.26 bits per heavy atom. The fourth-order valence-corrected chi connectivity index (χ4v) is 3.71. The molecule has 1 saturated heterocycles. The largest absolute Gasteiger partial charge is 0.452 e. The molecule has 9 heteroatoms. The van der Waals surface area contributed by atoms with Crippen LogP contribution in [-0.2, 0) is 20.9 Å². The van der Waals surface area contributed by atoms with Crippen molar-refractivity contribution in [2.75, 3.05) is 25.0 Å². The number of hydrogen-bond acceptors (Lipinski definition) is 5. The number of hydrogen-bond donors (Lipinski definition) is 3. The summed E-state index contributed by atoms with van der Waals surface area (Å²) in [7, 11) is 0. The number of amides is 4. The summed E-state index contributed by atoms with van der Waals surface area (Å²) < 4.78 is 5.19. The van der Waals surface area contributed by atoms with E-state index in [-0.39, 0.29) is 36.4 Å². The summed E-state index contributed by atoms with van der Waals surface area (Å²) in [6.07, 6.45) is 1.12. The van der Waals surface area contributed by atoms with E-state index in [2.05, 4.69) is 16.0 Å². The summed E-state index contributed by atoms with van der Waals surface area (Å²) in [5, 5.41) is 8.37. The van der Waals surface area contributed by atoms with Crippen LogP contribution in [0.5, 0.6) is 0 Å². The van der Waals surface area contributed by atoms with Crippen LogP contribution >= 0.6 is 0 Å². The Hall–Kier alpha value is -3.88. The number of benzene rings is 2. The van der Waals surface area contributed by atoms with Crippen LogP contribution in [-0.4, -0.2) is 54.5 Å². The Morgan fingerprint density at radius 2 is 1.63 bits per heavy atom. The van der Waals surface area contributed by atoms with Crippen LogP contribution in [0, 0.1) is 5.92 Å². The maximum absolute atomic E-state index is 12.5. The molecule has 0 bridgehead atoms. The van der Waals surface area contributed by atoms with E-state index in [0.29, 0.717) is 38.0 Å². The molecule has 0 aliphatic carbocycles. The lowest BCUT2D eigenvalue weighted by atomic mass is 9.95. The van der Waals surface area contributed by atoms with Crippen molar-refractivity contribution in [1.82, 2.24) is 15.5 Å². The first kappa shape index (κ1) is 25.7. The van der Waals surface area contributed by atoms with E-state index in [1.54, 1.807) is 29.2 Å². The van der Waals surface area contributed by atoms with Gasteiger partial charge in [0.2, 0.25) is 5.91 Å². The van der Waals surface area contributed by atoms with Crippen LogP contribution in [0.1, 0.15) is 42.6 Å². The summed E-state index contributed by atoms with van der Waals surface area (Å²) in [6, 6.07) is 15.7. The van der Waals surface area contributed by atoms with Crippen LogP contribution < -0.4 is 16.0 Å². The minimum atomic E-state index is -0.590. The van der Waals surface area contributed by atoms with Crippen molar-refractivity contribution in [2.24, 2.45) is 5.92 Å². The fraction of sp³-hybridized carbons (Fsp3) is 0.385. The van der Waals surface area contributed by atoms with Gasteiger partial charge in [0.25, 0.3) is 5.91 Å². The van der Waals surface area contributed by atoms with Gasteiger partial charge in [-0.05, 0) is 56.5 Å². The Morgan fingerprint density at radius 1 is 0.971 bits per heavy atom. The third kappa shape index (κ3) is 8.13. The molecule has 186 valence electrons. The van der Waals surface area contributed by atoms with Crippen molar-refractivity contribution in [3.63, 3.8) is 0 Å². The second-order valence-corrected chi connectivity index (χ2v) is 8.77. The Kier molecular flexibility index (Phi) is 9.23. The first-order valence-corrected chi connectivity index (χ1v) is 11.8. The van der Waals surface area contributed by atoms with E-state index < -0.39 is 5.97 Å². The molecule has 1 aliphatic heterocycles. The maximum Gasteiger partial charge on any atom is 0.338 e. The van der Waals surface area contributed by atoms with Gasteiger partial charge >= 0.3 is 12.0 Å². The molecule has 0 radical (unpaired) electrons. The van der Waals surface area contributed by atoms with E-state index in [4.69, 9.17) is 4.74 Å². The molecule has 0 atom stereocenters. The molecule has 1 fully saturated rings. The number of carbonyl (C=O) groups excluding carboxylic acids is 4. The molecule has 0 saturated carbocycles. The molecule has 0 unspecified atom stereocenters. The summed E-state index contributed by atoms with van der Waals surface area (Å²) in [5.41, 5.74) is 1.91. The number of piperidine rings is 1. The third-order valence-electron chi connectivity index (χ3n) is 5.65. The minimum absolute atomic E-state index is 0.0420. The molecule has 9 nitrogen and oxygen atoms in total. The number of para-hydroxylation sites is 1. The van der Waals surface area contributed by atoms with Crippen molar-refractivity contribution in [3.05, 3.63) is 65.7 Å². The molecular weight excluding hydrogens is 448 g/mol. The maximum atomic E-state index is 12.5. The predicted octanol–water partition coefficient (Wildman–Crippen LogP) is 2.93. The number of likely N-dealkylation sites (tertiary alicyclic amines) is 1. The van der Waals surface area contributed by atoms with E-state index >= 15 is 0 Å². The van der Waals surface area contributed by atoms with Crippen molar-refractivity contribution in [2.45, 2.75) is 39.3 Å². The highest BCUT2D eigenvalue weighted by Crippen LogP contribution is 2.20. The molecule has 3 N–H and O–H groups in total. The summed E-state index contributed by atoms with van der Waals surface area (Å²) in [4.78, 5) is 50.5. The first-order valence-electron chi connectivity index (χ1n) is 11.8. The van der Waals surface area contributed by atoms with Crippen LogP contribution in [0.15, 0.2) is 54.6 Å². The number of nitrogens with one attached hydrogen (secondary N) is 3. The Bertz CT molecular complexity index is 1020. The topological polar surface area (TPSA) is 117 Å². The van der Waals surface area contributed by atoms with E-state index in [1.165, 1.54) is 0 Å². The van der Waals surface area contributed by atoms with E-state index in [1.807, 2.05) is 44.2 Å². The average molecular weight is 481 g/mol. The lowest BCUT2D eigenvalue weighted by Crippen LogP contribution is -2.43. The predicted molar refractivity (Wildman–Crippen MR) is 132 cm³/mol. The number of nitrogens with zero attached hydrogens (tertiary/aromatic N) is 1. The monoisotopic (exact) mass is 480 g/mol. The van der Waals surface area contributed by atoms with Gasteiger partial charge in [-0.25, -0.2) is 9.59 Å². The van der Waals surface area contributed by atoms with Crippen LogP contribution in [0.4, 0.5) is 10.5 Å². The second-order valence-electron chi connectivity index (χ2n) is 8.77. The fourth-order valence-electron chi connectivity index (χ4n) is 3.71. The highest BCUT2D eigenvalue weighted by molar-refractivity contribution is 5.93. The molecule has 4 amide bonds.